The first-order valence-electron chi connectivity index (χ1n) is 7.17. The summed E-state index contributed by atoms with van der Waals surface area (Å²) >= 11 is 0. The van der Waals surface area contributed by atoms with Gasteiger partial charge in [-0.1, -0.05) is 12.1 Å². The second kappa shape index (κ2) is 5.08. The summed E-state index contributed by atoms with van der Waals surface area (Å²) < 4.78 is 4.88. The van der Waals surface area contributed by atoms with Gasteiger partial charge in [0.1, 0.15) is 11.1 Å². The zero-order valence-electron chi connectivity index (χ0n) is 12.2. The molecule has 1 aromatic carbocycles. The van der Waals surface area contributed by atoms with E-state index in [1.165, 1.54) is 30.2 Å². The zero-order chi connectivity index (χ0) is 15.9. The molecule has 22 heavy (non-hydrogen) atoms. The standard InChI is InChI=1S/C15H16N2O5/c1-22-14(19)15-8-6-10(7-9-15)16(15)13(18)11-4-2-3-5-12(11)17(20)21/h2-5,10H,6-9H2,1H3. The summed E-state index contributed by atoms with van der Waals surface area (Å²) in [5.41, 5.74) is -1.17. The summed E-state index contributed by atoms with van der Waals surface area (Å²) in [7, 11) is 1.30. The Hall–Kier alpha value is -2.44. The van der Waals surface area contributed by atoms with Gasteiger partial charge in [-0.2, -0.15) is 0 Å². The molecule has 2 heterocycles. The third-order valence-corrected chi connectivity index (χ3v) is 4.72. The molecule has 3 rings (SSSR count). The minimum atomic E-state index is -0.958. The van der Waals surface area contributed by atoms with Crippen molar-refractivity contribution in [3.63, 3.8) is 0 Å². The van der Waals surface area contributed by atoms with Gasteiger partial charge in [-0.25, -0.2) is 4.79 Å². The number of carbonyl (C=O) groups is 2. The second-order valence-corrected chi connectivity index (χ2v) is 5.70. The number of hydrogen-bond donors (Lipinski definition) is 0. The highest BCUT2D eigenvalue weighted by Gasteiger charge is 2.59. The predicted octanol–water partition coefficient (Wildman–Crippen LogP) is 1.90. The zero-order valence-corrected chi connectivity index (χ0v) is 12.2. The van der Waals surface area contributed by atoms with Gasteiger partial charge in [0.2, 0.25) is 0 Å². The number of nitro benzene ring substituents is 1. The van der Waals surface area contributed by atoms with Gasteiger partial charge >= 0.3 is 5.97 Å². The van der Waals surface area contributed by atoms with Gasteiger partial charge in [0.25, 0.3) is 11.6 Å². The van der Waals surface area contributed by atoms with Crippen molar-refractivity contribution in [2.45, 2.75) is 37.3 Å². The van der Waals surface area contributed by atoms with Crippen LogP contribution in [0.4, 0.5) is 5.69 Å². The van der Waals surface area contributed by atoms with E-state index in [-0.39, 0.29) is 17.3 Å². The molecule has 2 bridgehead atoms. The quantitative estimate of drug-likeness (QED) is 0.483. The predicted molar refractivity (Wildman–Crippen MR) is 76.3 cm³/mol. The number of ether oxygens (including phenoxy) is 1. The van der Waals surface area contributed by atoms with Gasteiger partial charge in [0, 0.05) is 12.1 Å². The van der Waals surface area contributed by atoms with Gasteiger partial charge in [-0.05, 0) is 31.7 Å². The lowest BCUT2D eigenvalue weighted by Crippen LogP contribution is -2.51. The van der Waals surface area contributed by atoms with Crippen LogP contribution in [-0.2, 0) is 9.53 Å². The summed E-state index contributed by atoms with van der Waals surface area (Å²) in [6.07, 6.45) is 2.55. The Bertz CT molecular complexity index is 649. The lowest BCUT2D eigenvalue weighted by molar-refractivity contribution is -0.385. The molecular weight excluding hydrogens is 288 g/mol. The molecule has 0 unspecified atom stereocenters. The Kier molecular flexibility index (Phi) is 3.35. The molecule has 7 heteroatoms. The van der Waals surface area contributed by atoms with Crippen LogP contribution in [0.3, 0.4) is 0 Å². The minimum Gasteiger partial charge on any atom is -0.467 e. The topological polar surface area (TPSA) is 89.8 Å². The molecule has 2 aliphatic rings. The van der Waals surface area contributed by atoms with Crippen molar-refractivity contribution >= 4 is 17.6 Å². The van der Waals surface area contributed by atoms with Gasteiger partial charge in [-0.3, -0.25) is 14.9 Å². The number of nitro groups is 1. The maximum absolute atomic E-state index is 12.9. The Morgan fingerprint density at radius 3 is 2.55 bits per heavy atom. The molecule has 0 N–H and O–H groups in total. The lowest BCUT2D eigenvalue weighted by Gasteiger charge is -2.32. The summed E-state index contributed by atoms with van der Waals surface area (Å²) in [5, 5.41) is 11.1. The Balaban J connectivity index is 2.03. The van der Waals surface area contributed by atoms with Crippen molar-refractivity contribution in [1.82, 2.24) is 4.90 Å². The number of benzene rings is 1. The third-order valence-electron chi connectivity index (χ3n) is 4.72. The number of esters is 1. The summed E-state index contributed by atoms with van der Waals surface area (Å²) in [6.45, 7) is 0. The molecule has 116 valence electrons. The first-order valence-corrected chi connectivity index (χ1v) is 7.17. The Morgan fingerprint density at radius 1 is 1.32 bits per heavy atom. The molecule has 0 spiro atoms. The van der Waals surface area contributed by atoms with Crippen LogP contribution in [0.25, 0.3) is 0 Å². The number of methoxy groups -OCH3 is 1. The Morgan fingerprint density at radius 2 is 1.95 bits per heavy atom. The summed E-state index contributed by atoms with van der Waals surface area (Å²) in [5.74, 6) is -0.892. The monoisotopic (exact) mass is 304 g/mol. The number of hydrogen-bond acceptors (Lipinski definition) is 5. The van der Waals surface area contributed by atoms with Crippen molar-refractivity contribution in [1.29, 1.82) is 0 Å². The fraction of sp³-hybridized carbons (Fsp3) is 0.467. The highest BCUT2D eigenvalue weighted by atomic mass is 16.6. The molecule has 0 aliphatic carbocycles. The van der Waals surface area contributed by atoms with E-state index in [1.54, 1.807) is 6.07 Å². The first-order chi connectivity index (χ1) is 10.5. The number of nitrogens with zero attached hydrogens (tertiary/aromatic N) is 2. The van der Waals surface area contributed by atoms with Gasteiger partial charge in [0.05, 0.1) is 12.0 Å². The average molecular weight is 304 g/mol. The summed E-state index contributed by atoms with van der Waals surface area (Å²) in [4.78, 5) is 37.2. The fourth-order valence-electron chi connectivity index (χ4n) is 3.72. The van der Waals surface area contributed by atoms with Crippen LogP contribution >= 0.6 is 0 Å². The van der Waals surface area contributed by atoms with Crippen LogP contribution in [0.15, 0.2) is 24.3 Å². The van der Waals surface area contributed by atoms with Crippen LogP contribution in [0.2, 0.25) is 0 Å². The Labute approximate surface area is 127 Å². The van der Waals surface area contributed by atoms with E-state index in [0.717, 1.165) is 12.8 Å². The molecule has 0 saturated carbocycles. The van der Waals surface area contributed by atoms with Crippen molar-refractivity contribution in [3.8, 4) is 0 Å². The average Bonchev–Trinajstić information content (AvgIpc) is 3.10. The van der Waals surface area contributed by atoms with Crippen LogP contribution in [0.1, 0.15) is 36.0 Å². The third kappa shape index (κ3) is 1.88. The van der Waals surface area contributed by atoms with Crippen molar-refractivity contribution in [3.05, 3.63) is 39.9 Å². The maximum Gasteiger partial charge on any atom is 0.331 e. The molecule has 0 radical (unpaired) electrons. The van der Waals surface area contributed by atoms with Crippen LogP contribution < -0.4 is 0 Å². The first kappa shape index (κ1) is 14.5. The normalized spacial score (nSPS) is 26.0. The maximum atomic E-state index is 12.9. The van der Waals surface area contributed by atoms with Crippen molar-refractivity contribution in [2.75, 3.05) is 7.11 Å². The largest absolute Gasteiger partial charge is 0.467 e. The molecule has 2 saturated heterocycles. The van der Waals surface area contributed by atoms with E-state index in [0.29, 0.717) is 12.8 Å². The number of carbonyl (C=O) groups excluding carboxylic acids is 2. The van der Waals surface area contributed by atoms with Crippen LogP contribution in [0.5, 0.6) is 0 Å². The SMILES string of the molecule is COC(=O)C12CCC(CC1)N2C(=O)c1ccccc1[N+](=O)[O-]. The highest BCUT2D eigenvalue weighted by molar-refractivity contribution is 6.02. The molecule has 1 amide bonds. The van der Waals surface area contributed by atoms with Crippen molar-refractivity contribution < 1.29 is 19.2 Å². The molecule has 0 aromatic heterocycles. The lowest BCUT2D eigenvalue weighted by atomic mass is 9.88. The molecule has 2 aliphatic heterocycles. The number of amides is 1. The molecule has 0 atom stereocenters. The molecule has 2 fully saturated rings. The van der Waals surface area contributed by atoms with Gasteiger partial charge in [-0.15, -0.1) is 0 Å². The van der Waals surface area contributed by atoms with Crippen molar-refractivity contribution in [2.24, 2.45) is 0 Å². The highest BCUT2D eigenvalue weighted by Crippen LogP contribution is 2.48. The minimum absolute atomic E-state index is 0.0228. The fourth-order valence-corrected chi connectivity index (χ4v) is 3.72. The van der Waals surface area contributed by atoms with E-state index >= 15 is 0 Å². The van der Waals surface area contributed by atoms with E-state index in [2.05, 4.69) is 0 Å². The number of para-hydroxylation sites is 1. The van der Waals surface area contributed by atoms with E-state index < -0.39 is 22.3 Å². The number of rotatable bonds is 3. The summed E-state index contributed by atoms with van der Waals surface area (Å²) in [6, 6.07) is 5.79. The van der Waals surface area contributed by atoms with Crippen LogP contribution in [-0.4, -0.2) is 40.4 Å². The molecule has 1 aromatic rings. The van der Waals surface area contributed by atoms with E-state index in [4.69, 9.17) is 4.74 Å². The number of fused-ring (bicyclic) bond motifs is 2. The molecular formula is C15H16N2O5. The van der Waals surface area contributed by atoms with Gasteiger partial charge in [0.15, 0.2) is 0 Å². The van der Waals surface area contributed by atoms with Gasteiger partial charge < -0.3 is 9.64 Å². The smallest absolute Gasteiger partial charge is 0.331 e. The van der Waals surface area contributed by atoms with Crippen LogP contribution in [0, 0.1) is 10.1 Å². The molecule has 7 nitrogen and oxygen atoms in total. The van der Waals surface area contributed by atoms with E-state index in [1.807, 2.05) is 0 Å². The second-order valence-electron chi connectivity index (χ2n) is 5.70. The van der Waals surface area contributed by atoms with E-state index in [9.17, 15) is 19.7 Å².